The molecule has 1 aliphatic heterocycles. The van der Waals surface area contributed by atoms with Gasteiger partial charge in [0, 0.05) is 54.8 Å². The molecule has 6 heteroatoms. The lowest BCUT2D eigenvalue weighted by atomic mass is 10.2. The molecule has 24 heavy (non-hydrogen) atoms. The van der Waals surface area contributed by atoms with E-state index in [2.05, 4.69) is 33.0 Å². The second kappa shape index (κ2) is 9.22. The Kier molecular flexibility index (Phi) is 6.72. The summed E-state index contributed by atoms with van der Waals surface area (Å²) < 4.78 is 0. The lowest BCUT2D eigenvalue weighted by Gasteiger charge is -2.27. The van der Waals surface area contributed by atoms with Gasteiger partial charge in [-0.3, -0.25) is 9.69 Å². The fourth-order valence-corrected chi connectivity index (χ4v) is 4.50. The molecule has 128 valence electrons. The summed E-state index contributed by atoms with van der Waals surface area (Å²) in [7, 11) is 0. The number of amides is 1. The van der Waals surface area contributed by atoms with Crippen LogP contribution in [0.25, 0.3) is 0 Å². The average Bonchev–Trinajstić information content (AvgIpc) is 3.14. The summed E-state index contributed by atoms with van der Waals surface area (Å²) in [5, 5.41) is 8.50. The Bertz CT molecular complexity index is 639. The Morgan fingerprint density at radius 3 is 2.83 bits per heavy atom. The van der Waals surface area contributed by atoms with Crippen LogP contribution in [0.2, 0.25) is 0 Å². The summed E-state index contributed by atoms with van der Waals surface area (Å²) >= 11 is 3.48. The van der Waals surface area contributed by atoms with Gasteiger partial charge in [0.1, 0.15) is 0 Å². The van der Waals surface area contributed by atoms with Crippen LogP contribution in [0.4, 0.5) is 0 Å². The molecule has 0 bridgehead atoms. The Labute approximate surface area is 151 Å². The zero-order chi connectivity index (χ0) is 16.6. The molecule has 0 aliphatic carbocycles. The van der Waals surface area contributed by atoms with Crippen LogP contribution >= 0.6 is 23.1 Å². The van der Waals surface area contributed by atoms with Gasteiger partial charge in [0.2, 0.25) is 0 Å². The predicted molar refractivity (Wildman–Crippen MR) is 102 cm³/mol. The van der Waals surface area contributed by atoms with Crippen molar-refractivity contribution in [2.75, 3.05) is 39.3 Å². The van der Waals surface area contributed by atoms with E-state index in [1.54, 1.807) is 23.1 Å². The topological polar surface area (TPSA) is 44.4 Å². The SMILES string of the molecule is O=C(NCCN1CCNCC1)c1ccccc1SCc1cccs1. The van der Waals surface area contributed by atoms with Crippen LogP contribution in [0.5, 0.6) is 0 Å². The van der Waals surface area contributed by atoms with Gasteiger partial charge in [-0.15, -0.1) is 23.1 Å². The number of carbonyl (C=O) groups is 1. The van der Waals surface area contributed by atoms with Crippen LogP contribution in [0.3, 0.4) is 0 Å². The molecule has 2 N–H and O–H groups in total. The van der Waals surface area contributed by atoms with Crippen LogP contribution in [-0.2, 0) is 5.75 Å². The first kappa shape index (κ1) is 17.5. The standard InChI is InChI=1S/C18H23N3OS2/c22-18(20-9-12-21-10-7-19-8-11-21)16-5-1-2-6-17(16)24-14-15-4-3-13-23-15/h1-6,13,19H,7-12,14H2,(H,20,22). The molecule has 1 aliphatic rings. The van der Waals surface area contributed by atoms with Crippen molar-refractivity contribution in [3.8, 4) is 0 Å². The lowest BCUT2D eigenvalue weighted by molar-refractivity contribution is 0.0944. The first-order valence-corrected chi connectivity index (χ1v) is 10.1. The predicted octanol–water partition coefficient (Wildman–Crippen LogP) is 2.68. The minimum Gasteiger partial charge on any atom is -0.351 e. The van der Waals surface area contributed by atoms with Crippen molar-refractivity contribution >= 4 is 29.0 Å². The van der Waals surface area contributed by atoms with Gasteiger partial charge in [0.25, 0.3) is 5.91 Å². The van der Waals surface area contributed by atoms with E-state index in [-0.39, 0.29) is 5.91 Å². The van der Waals surface area contributed by atoms with Crippen molar-refractivity contribution < 1.29 is 4.79 Å². The minimum absolute atomic E-state index is 0.0272. The first-order chi connectivity index (χ1) is 11.8. The fraction of sp³-hybridized carbons (Fsp3) is 0.389. The van der Waals surface area contributed by atoms with E-state index in [0.29, 0.717) is 6.54 Å². The van der Waals surface area contributed by atoms with Crippen LogP contribution in [0.15, 0.2) is 46.7 Å². The van der Waals surface area contributed by atoms with Gasteiger partial charge in [-0.25, -0.2) is 0 Å². The molecule has 0 spiro atoms. The van der Waals surface area contributed by atoms with E-state index in [0.717, 1.165) is 48.9 Å². The van der Waals surface area contributed by atoms with Crippen molar-refractivity contribution in [1.29, 1.82) is 0 Å². The highest BCUT2D eigenvalue weighted by Gasteiger charge is 2.13. The number of piperazine rings is 1. The van der Waals surface area contributed by atoms with Crippen LogP contribution < -0.4 is 10.6 Å². The van der Waals surface area contributed by atoms with Crippen LogP contribution in [-0.4, -0.2) is 50.1 Å². The normalized spacial score (nSPS) is 15.3. The summed E-state index contributed by atoms with van der Waals surface area (Å²) in [6, 6.07) is 12.1. The van der Waals surface area contributed by atoms with Crippen LogP contribution in [0.1, 0.15) is 15.2 Å². The summed E-state index contributed by atoms with van der Waals surface area (Å²) in [4.78, 5) is 17.3. The molecule has 0 unspecified atom stereocenters. The van der Waals surface area contributed by atoms with Gasteiger partial charge in [-0.05, 0) is 23.6 Å². The van der Waals surface area contributed by atoms with E-state index in [1.807, 2.05) is 24.3 Å². The van der Waals surface area contributed by atoms with Crippen molar-refractivity contribution in [2.24, 2.45) is 0 Å². The summed E-state index contributed by atoms with van der Waals surface area (Å²) in [5.74, 6) is 0.933. The molecule has 1 amide bonds. The summed E-state index contributed by atoms with van der Waals surface area (Å²) in [5.41, 5.74) is 0.777. The smallest absolute Gasteiger partial charge is 0.252 e. The number of hydrogen-bond donors (Lipinski definition) is 2. The first-order valence-electron chi connectivity index (χ1n) is 8.28. The summed E-state index contributed by atoms with van der Waals surface area (Å²) in [6.07, 6.45) is 0. The van der Waals surface area contributed by atoms with Gasteiger partial charge in [-0.1, -0.05) is 18.2 Å². The molecule has 1 saturated heterocycles. The van der Waals surface area contributed by atoms with Gasteiger partial charge in [-0.2, -0.15) is 0 Å². The summed E-state index contributed by atoms with van der Waals surface area (Å²) in [6.45, 7) is 5.80. The van der Waals surface area contributed by atoms with E-state index in [4.69, 9.17) is 0 Å². The third kappa shape index (κ3) is 5.08. The Balaban J connectivity index is 1.51. The van der Waals surface area contributed by atoms with Gasteiger partial charge >= 0.3 is 0 Å². The van der Waals surface area contributed by atoms with E-state index in [1.165, 1.54) is 4.88 Å². The zero-order valence-corrected chi connectivity index (χ0v) is 15.3. The van der Waals surface area contributed by atoms with Crippen molar-refractivity contribution in [1.82, 2.24) is 15.5 Å². The molecule has 0 saturated carbocycles. The number of benzene rings is 1. The molecule has 2 heterocycles. The fourth-order valence-electron chi connectivity index (χ4n) is 2.68. The third-order valence-corrected chi connectivity index (χ3v) is 6.19. The highest BCUT2D eigenvalue weighted by Crippen LogP contribution is 2.27. The Morgan fingerprint density at radius 2 is 2.04 bits per heavy atom. The maximum absolute atomic E-state index is 12.5. The number of rotatable bonds is 7. The average molecular weight is 362 g/mol. The third-order valence-electron chi connectivity index (χ3n) is 4.00. The molecular formula is C18H23N3OS2. The quantitative estimate of drug-likeness (QED) is 0.744. The van der Waals surface area contributed by atoms with Crippen molar-refractivity contribution in [2.45, 2.75) is 10.6 Å². The van der Waals surface area contributed by atoms with Gasteiger partial charge < -0.3 is 10.6 Å². The number of thioether (sulfide) groups is 1. The molecule has 0 atom stereocenters. The molecule has 3 rings (SSSR count). The van der Waals surface area contributed by atoms with Crippen molar-refractivity contribution in [3.63, 3.8) is 0 Å². The van der Waals surface area contributed by atoms with Gasteiger partial charge in [0.05, 0.1) is 5.56 Å². The number of nitrogens with one attached hydrogen (secondary N) is 2. The maximum Gasteiger partial charge on any atom is 0.252 e. The largest absolute Gasteiger partial charge is 0.351 e. The highest BCUT2D eigenvalue weighted by atomic mass is 32.2. The zero-order valence-electron chi connectivity index (χ0n) is 13.7. The molecule has 4 nitrogen and oxygen atoms in total. The van der Waals surface area contributed by atoms with Crippen LogP contribution in [0, 0.1) is 0 Å². The maximum atomic E-state index is 12.5. The minimum atomic E-state index is 0.0272. The van der Waals surface area contributed by atoms with E-state index >= 15 is 0 Å². The molecular weight excluding hydrogens is 338 g/mol. The molecule has 1 aromatic carbocycles. The molecule has 1 fully saturated rings. The van der Waals surface area contributed by atoms with Gasteiger partial charge in [0.15, 0.2) is 0 Å². The monoisotopic (exact) mass is 361 g/mol. The van der Waals surface area contributed by atoms with E-state index in [9.17, 15) is 4.79 Å². The molecule has 1 aromatic heterocycles. The van der Waals surface area contributed by atoms with Crippen molar-refractivity contribution in [3.05, 3.63) is 52.2 Å². The second-order valence-electron chi connectivity index (χ2n) is 5.71. The number of hydrogen-bond acceptors (Lipinski definition) is 5. The molecule has 0 radical (unpaired) electrons. The second-order valence-corrected chi connectivity index (χ2v) is 7.76. The number of thiophene rings is 1. The Morgan fingerprint density at radius 1 is 1.21 bits per heavy atom. The lowest BCUT2D eigenvalue weighted by Crippen LogP contribution is -2.46. The number of carbonyl (C=O) groups excluding carboxylic acids is 1. The molecule has 2 aromatic rings. The van der Waals surface area contributed by atoms with E-state index < -0.39 is 0 Å². The number of nitrogens with zero attached hydrogens (tertiary/aromatic N) is 1. The highest BCUT2D eigenvalue weighted by molar-refractivity contribution is 7.98. The Hall–Kier alpha value is -1.34.